The molecule has 0 aliphatic rings. The third kappa shape index (κ3) is 10.7. The van der Waals surface area contributed by atoms with Crippen molar-refractivity contribution in [3.05, 3.63) is 75.9 Å². The topological polar surface area (TPSA) is 110 Å². The fourth-order valence-corrected chi connectivity index (χ4v) is 3.82. The van der Waals surface area contributed by atoms with E-state index in [1.807, 2.05) is 12.1 Å². The monoisotopic (exact) mass is 483 g/mol. The molecule has 0 aliphatic heterocycles. The summed E-state index contributed by atoms with van der Waals surface area (Å²) in [6, 6.07) is 10.9. The summed E-state index contributed by atoms with van der Waals surface area (Å²) in [5.74, 6) is -0.597. The quantitative estimate of drug-likeness (QED) is 0.0632. The van der Waals surface area contributed by atoms with Crippen LogP contribution < -0.4 is 4.74 Å². The Morgan fingerprint density at radius 1 is 0.971 bits per heavy atom. The molecule has 0 spiro atoms. The molecule has 0 amide bonds. The zero-order valence-corrected chi connectivity index (χ0v) is 20.5. The number of aromatic hydroxyl groups is 1. The van der Waals surface area contributed by atoms with Crippen molar-refractivity contribution in [1.82, 2.24) is 0 Å². The number of aliphatic hydroxyl groups is 1. The van der Waals surface area contributed by atoms with Crippen LogP contribution in [-0.4, -0.2) is 27.2 Å². The minimum atomic E-state index is -1.35. The maximum absolute atomic E-state index is 12.2. The van der Waals surface area contributed by atoms with Crippen molar-refractivity contribution in [2.75, 3.05) is 0 Å². The number of ether oxygens (including phenoxy) is 1. The molecule has 0 heterocycles. The van der Waals surface area contributed by atoms with Crippen molar-refractivity contribution in [1.29, 1.82) is 0 Å². The number of phenols is 1. The van der Waals surface area contributed by atoms with E-state index in [1.54, 1.807) is 12.1 Å². The average molecular weight is 484 g/mol. The van der Waals surface area contributed by atoms with Crippen molar-refractivity contribution >= 4 is 11.5 Å². The predicted molar refractivity (Wildman–Crippen MR) is 137 cm³/mol. The Morgan fingerprint density at radius 3 is 2.17 bits per heavy atom. The molecule has 0 aromatic heterocycles. The van der Waals surface area contributed by atoms with Crippen LogP contribution in [0.25, 0.3) is 0 Å². The van der Waals surface area contributed by atoms with Gasteiger partial charge in [0.2, 0.25) is 6.29 Å². The number of hydrogen-bond donors (Lipinski definition) is 2. The first-order chi connectivity index (χ1) is 16.9. The van der Waals surface area contributed by atoms with Gasteiger partial charge in [0.1, 0.15) is 5.75 Å². The molecule has 0 bridgehead atoms. The summed E-state index contributed by atoms with van der Waals surface area (Å²) in [5, 5.41) is 30.4. The lowest BCUT2D eigenvalue weighted by molar-refractivity contribution is -0.385. The molecule has 1 atom stereocenters. The van der Waals surface area contributed by atoms with Gasteiger partial charge in [-0.25, -0.2) is 0 Å². The fraction of sp³-hybridized carbons (Fsp3) is 0.464. The molecule has 2 aromatic rings. The van der Waals surface area contributed by atoms with E-state index in [0.717, 1.165) is 31.1 Å². The molecule has 190 valence electrons. The fourth-order valence-electron chi connectivity index (χ4n) is 3.82. The minimum absolute atomic E-state index is 0.0225. The Hall–Kier alpha value is -3.19. The zero-order chi connectivity index (χ0) is 25.5. The summed E-state index contributed by atoms with van der Waals surface area (Å²) >= 11 is 0. The first-order valence-electron chi connectivity index (χ1n) is 12.5. The molecule has 7 nitrogen and oxygen atoms in total. The number of hydrogen-bond acceptors (Lipinski definition) is 6. The number of nitro groups is 1. The molecule has 35 heavy (non-hydrogen) atoms. The lowest BCUT2D eigenvalue weighted by atomic mass is 10.0. The van der Waals surface area contributed by atoms with Crippen LogP contribution in [0.2, 0.25) is 0 Å². The number of benzene rings is 2. The van der Waals surface area contributed by atoms with E-state index in [9.17, 15) is 25.1 Å². The summed E-state index contributed by atoms with van der Waals surface area (Å²) in [6.07, 6.45) is 15.0. The number of aliphatic hydroxyl groups excluding tert-OH is 1. The Bertz CT molecular complexity index is 954. The van der Waals surface area contributed by atoms with E-state index < -0.39 is 28.4 Å². The van der Waals surface area contributed by atoms with Crippen molar-refractivity contribution in [3.63, 3.8) is 0 Å². The summed E-state index contributed by atoms with van der Waals surface area (Å²) in [5.41, 5.74) is 0.680. The number of nitrogens with zero attached hydrogens (tertiary/aromatic N) is 1. The Balaban J connectivity index is 1.69. The van der Waals surface area contributed by atoms with Gasteiger partial charge in [0.25, 0.3) is 0 Å². The van der Waals surface area contributed by atoms with Crippen molar-refractivity contribution < 1.29 is 24.7 Å². The van der Waals surface area contributed by atoms with Crippen LogP contribution in [0.1, 0.15) is 87.1 Å². The van der Waals surface area contributed by atoms with Crippen LogP contribution in [0.3, 0.4) is 0 Å². The molecule has 1 unspecified atom stereocenters. The Kier molecular flexibility index (Phi) is 12.6. The molecule has 0 fully saturated rings. The summed E-state index contributed by atoms with van der Waals surface area (Å²) < 4.78 is 5.41. The molecule has 0 radical (unpaired) electrons. The van der Waals surface area contributed by atoms with Gasteiger partial charge in [0, 0.05) is 11.6 Å². The van der Waals surface area contributed by atoms with Crippen LogP contribution in [0.4, 0.5) is 5.69 Å². The van der Waals surface area contributed by atoms with Crippen LogP contribution >= 0.6 is 0 Å². The van der Waals surface area contributed by atoms with Crippen molar-refractivity contribution in [2.24, 2.45) is 0 Å². The molecular formula is C28H37NO6. The average Bonchev–Trinajstić information content (AvgIpc) is 2.84. The number of carbonyl (C=O) groups is 1. The van der Waals surface area contributed by atoms with E-state index in [0.29, 0.717) is 5.75 Å². The normalized spacial score (nSPS) is 12.1. The van der Waals surface area contributed by atoms with Gasteiger partial charge in [-0.2, -0.15) is 0 Å². The van der Waals surface area contributed by atoms with Gasteiger partial charge >= 0.3 is 5.69 Å². The largest absolute Gasteiger partial charge is 0.502 e. The number of carbonyl (C=O) groups excluding carboxylic acids is 1. The molecule has 0 saturated heterocycles. The predicted octanol–water partition coefficient (Wildman–Crippen LogP) is 6.90. The molecule has 0 aliphatic carbocycles. The van der Waals surface area contributed by atoms with Crippen molar-refractivity contribution in [3.8, 4) is 11.5 Å². The first-order valence-corrected chi connectivity index (χ1v) is 12.5. The maximum Gasteiger partial charge on any atom is 0.311 e. The lowest BCUT2D eigenvalue weighted by Crippen LogP contribution is -2.12. The van der Waals surface area contributed by atoms with Gasteiger partial charge in [-0.3, -0.25) is 14.9 Å². The van der Waals surface area contributed by atoms with Gasteiger partial charge in [-0.1, -0.05) is 76.8 Å². The van der Waals surface area contributed by atoms with Gasteiger partial charge in [0.15, 0.2) is 11.5 Å². The first kappa shape index (κ1) is 28.1. The zero-order valence-electron chi connectivity index (χ0n) is 20.5. The second-order valence-corrected chi connectivity index (χ2v) is 8.77. The highest BCUT2D eigenvalue weighted by molar-refractivity contribution is 6.05. The second kappa shape index (κ2) is 15.7. The number of phenolic OH excluding ortho intramolecular Hbond substituents is 1. The number of allylic oxidation sites excluding steroid dienone is 1. The van der Waals surface area contributed by atoms with Gasteiger partial charge in [-0.05, 0) is 54.8 Å². The molecule has 2 aromatic carbocycles. The summed E-state index contributed by atoms with van der Waals surface area (Å²) in [6.45, 7) is 2.24. The lowest BCUT2D eigenvalue weighted by Gasteiger charge is -2.10. The Morgan fingerprint density at radius 2 is 1.57 bits per heavy atom. The minimum Gasteiger partial charge on any atom is -0.502 e. The highest BCUT2D eigenvalue weighted by Crippen LogP contribution is 2.26. The van der Waals surface area contributed by atoms with E-state index in [-0.39, 0.29) is 5.56 Å². The van der Waals surface area contributed by atoms with E-state index >= 15 is 0 Å². The van der Waals surface area contributed by atoms with E-state index in [2.05, 4.69) is 6.92 Å². The van der Waals surface area contributed by atoms with Crippen molar-refractivity contribution in [2.45, 2.75) is 83.8 Å². The number of rotatable bonds is 17. The number of nitro benzene ring substituents is 1. The van der Waals surface area contributed by atoms with Gasteiger partial charge in [0.05, 0.1) is 4.92 Å². The summed E-state index contributed by atoms with van der Waals surface area (Å²) in [4.78, 5) is 22.3. The van der Waals surface area contributed by atoms with Gasteiger partial charge < -0.3 is 14.9 Å². The van der Waals surface area contributed by atoms with Crippen LogP contribution in [0.5, 0.6) is 11.5 Å². The number of unbranched alkanes of at least 4 members (excludes halogenated alkanes) is 9. The maximum atomic E-state index is 12.2. The third-order valence-electron chi connectivity index (χ3n) is 5.87. The highest BCUT2D eigenvalue weighted by atomic mass is 16.6. The molecular weight excluding hydrogens is 446 g/mol. The molecule has 2 rings (SSSR count). The SMILES string of the molecule is CCCCCCCCCCCCc1ccc(OC(O)C=CC(=O)c2ccc(O)c([N+](=O)[O-])c2)cc1. The number of aryl methyl sites for hydroxylation is 1. The molecule has 2 N–H and O–H groups in total. The van der Waals surface area contributed by atoms with E-state index in [4.69, 9.17) is 4.74 Å². The van der Waals surface area contributed by atoms with Gasteiger partial charge in [-0.15, -0.1) is 0 Å². The van der Waals surface area contributed by atoms with E-state index in [1.165, 1.54) is 75.5 Å². The Labute approximate surface area is 207 Å². The standard InChI is InChI=1S/C28H37NO6/c1-2-3-4-5-6-7-8-9-10-11-12-22-13-16-24(17-14-22)35-28(32)20-19-26(30)23-15-18-27(31)25(21-23)29(33)34/h13-21,28,31-32H,2-12H2,1H3. The highest BCUT2D eigenvalue weighted by Gasteiger charge is 2.16. The van der Waals surface area contributed by atoms with Crippen LogP contribution in [0.15, 0.2) is 54.6 Å². The molecule has 7 heteroatoms. The number of ketones is 1. The van der Waals surface area contributed by atoms with Crippen LogP contribution in [0, 0.1) is 10.1 Å². The third-order valence-corrected chi connectivity index (χ3v) is 5.87. The second-order valence-electron chi connectivity index (χ2n) is 8.77. The summed E-state index contributed by atoms with van der Waals surface area (Å²) in [7, 11) is 0. The van der Waals surface area contributed by atoms with Crippen LogP contribution in [-0.2, 0) is 6.42 Å². The smallest absolute Gasteiger partial charge is 0.311 e. The molecule has 0 saturated carbocycles.